The number of hydrogen-bond acceptors (Lipinski definition) is 2. The summed E-state index contributed by atoms with van der Waals surface area (Å²) in [5.74, 6) is 0.0266. The largest absolute Gasteiger partial charge is 0.289 e. The molecule has 0 radical (unpaired) electrons. The summed E-state index contributed by atoms with van der Waals surface area (Å²) in [4.78, 5) is 14.6. The average Bonchev–Trinajstić information content (AvgIpc) is 3.05. The molecule has 200 valence electrons. The van der Waals surface area contributed by atoms with Crippen LogP contribution in [0.1, 0.15) is 49.3 Å². The van der Waals surface area contributed by atoms with Crippen LogP contribution in [-0.4, -0.2) is 10.6 Å². The van der Waals surface area contributed by atoms with Gasteiger partial charge in [0, 0.05) is 22.3 Å². The van der Waals surface area contributed by atoms with Crippen molar-refractivity contribution in [1.29, 1.82) is 0 Å². The molecule has 7 rings (SSSR count). The molecule has 6 aromatic rings. The summed E-state index contributed by atoms with van der Waals surface area (Å²) in [6.07, 6.45) is 1.76. The Morgan fingerprint density at radius 3 is 1.14 bits per heavy atom. The lowest BCUT2D eigenvalue weighted by Crippen LogP contribution is -2.22. The van der Waals surface area contributed by atoms with Gasteiger partial charge in [0.25, 0.3) is 0 Å². The molecule has 0 unspecified atom stereocenters. The normalized spacial score (nSPS) is 12.1. The Kier molecular flexibility index (Phi) is 6.91. The maximum absolute atomic E-state index is 13.9. The van der Waals surface area contributed by atoms with E-state index in [1.165, 1.54) is 22.3 Å². The standard InChI is InChI=1S/C40H28OS/c41-39-35-15-7-13-33(31-21-17-29(18-22-31)25-27-9-3-1-4-10-27)37(35)40(42)38-34(14-8-16-36(38)39)32-23-19-30(20-24-32)26-28-11-5-2-6-12-28/h1-24H,25-26H2. The van der Waals surface area contributed by atoms with Crippen molar-refractivity contribution in [3.8, 4) is 22.3 Å². The molecule has 0 aromatic heterocycles. The summed E-state index contributed by atoms with van der Waals surface area (Å²) in [5, 5.41) is 0. The highest BCUT2D eigenvalue weighted by Crippen LogP contribution is 2.39. The molecule has 1 nitrogen and oxygen atoms in total. The van der Waals surface area contributed by atoms with E-state index in [1.807, 2.05) is 36.4 Å². The predicted molar refractivity (Wildman–Crippen MR) is 176 cm³/mol. The monoisotopic (exact) mass is 556 g/mol. The van der Waals surface area contributed by atoms with E-state index >= 15 is 0 Å². The van der Waals surface area contributed by atoms with Gasteiger partial charge in [0.2, 0.25) is 0 Å². The van der Waals surface area contributed by atoms with Crippen molar-refractivity contribution in [3.63, 3.8) is 0 Å². The van der Waals surface area contributed by atoms with E-state index in [2.05, 4.69) is 109 Å². The predicted octanol–water partition coefficient (Wildman–Crippen LogP) is 9.51. The second-order valence-electron chi connectivity index (χ2n) is 10.8. The van der Waals surface area contributed by atoms with Gasteiger partial charge in [-0.1, -0.05) is 158 Å². The fourth-order valence-electron chi connectivity index (χ4n) is 5.99. The lowest BCUT2D eigenvalue weighted by atomic mass is 9.78. The van der Waals surface area contributed by atoms with Crippen molar-refractivity contribution < 1.29 is 4.79 Å². The molecule has 0 aliphatic heterocycles. The van der Waals surface area contributed by atoms with Crippen molar-refractivity contribution in [2.45, 2.75) is 12.8 Å². The first-order valence-electron chi connectivity index (χ1n) is 14.3. The van der Waals surface area contributed by atoms with Crippen LogP contribution in [0.4, 0.5) is 0 Å². The lowest BCUT2D eigenvalue weighted by molar-refractivity contribution is 0.103. The van der Waals surface area contributed by atoms with Gasteiger partial charge in [0.05, 0.1) is 4.86 Å². The van der Waals surface area contributed by atoms with E-state index < -0.39 is 0 Å². The van der Waals surface area contributed by atoms with E-state index in [4.69, 9.17) is 12.2 Å². The zero-order valence-electron chi connectivity index (χ0n) is 23.1. The van der Waals surface area contributed by atoms with E-state index in [1.54, 1.807) is 0 Å². The third-order valence-electron chi connectivity index (χ3n) is 8.10. The molecule has 0 heterocycles. The first-order chi connectivity index (χ1) is 20.7. The molecule has 1 aliphatic rings. The molecule has 0 saturated carbocycles. The topological polar surface area (TPSA) is 17.1 Å². The maximum Gasteiger partial charge on any atom is 0.194 e. The van der Waals surface area contributed by atoms with Crippen LogP contribution < -0.4 is 0 Å². The first kappa shape index (κ1) is 26.0. The summed E-state index contributed by atoms with van der Waals surface area (Å²) in [7, 11) is 0. The molecule has 6 aromatic carbocycles. The summed E-state index contributed by atoms with van der Waals surface area (Å²) in [6.45, 7) is 0. The average molecular weight is 557 g/mol. The Morgan fingerprint density at radius 2 is 0.738 bits per heavy atom. The zero-order valence-corrected chi connectivity index (χ0v) is 23.9. The molecule has 1 aliphatic carbocycles. The zero-order chi connectivity index (χ0) is 28.5. The smallest absolute Gasteiger partial charge is 0.194 e. The number of hydrogen-bond donors (Lipinski definition) is 0. The lowest BCUT2D eigenvalue weighted by Gasteiger charge is -2.25. The van der Waals surface area contributed by atoms with Gasteiger partial charge >= 0.3 is 0 Å². The van der Waals surface area contributed by atoms with Gasteiger partial charge in [-0.2, -0.15) is 0 Å². The Balaban J connectivity index is 1.24. The molecule has 0 N–H and O–H groups in total. The van der Waals surface area contributed by atoms with Crippen LogP contribution in [0.5, 0.6) is 0 Å². The minimum Gasteiger partial charge on any atom is -0.289 e. The van der Waals surface area contributed by atoms with Gasteiger partial charge in [-0.25, -0.2) is 0 Å². The van der Waals surface area contributed by atoms with E-state index in [9.17, 15) is 4.79 Å². The Bertz CT molecular complexity index is 1780. The van der Waals surface area contributed by atoms with Gasteiger partial charge in [-0.15, -0.1) is 0 Å². The quantitative estimate of drug-likeness (QED) is 0.190. The van der Waals surface area contributed by atoms with Crippen molar-refractivity contribution in [2.75, 3.05) is 0 Å². The van der Waals surface area contributed by atoms with Gasteiger partial charge in [0.1, 0.15) is 0 Å². The molecule has 0 spiro atoms. The third-order valence-corrected chi connectivity index (χ3v) is 8.51. The summed E-state index contributed by atoms with van der Waals surface area (Å²) < 4.78 is 0. The Hall–Kier alpha value is -4.92. The molecule has 2 heteroatoms. The Labute approximate surface area is 252 Å². The maximum atomic E-state index is 13.9. The Morgan fingerprint density at radius 1 is 0.381 bits per heavy atom. The van der Waals surface area contributed by atoms with E-state index in [0.29, 0.717) is 11.1 Å². The highest BCUT2D eigenvalue weighted by Gasteiger charge is 2.31. The number of rotatable bonds is 6. The number of ketones is 1. The molecule has 0 fully saturated rings. The molecular formula is C40H28OS. The molecule has 0 saturated heterocycles. The second-order valence-corrected chi connectivity index (χ2v) is 11.2. The molecular weight excluding hydrogens is 529 g/mol. The number of benzene rings is 6. The van der Waals surface area contributed by atoms with Gasteiger partial charge < -0.3 is 0 Å². The van der Waals surface area contributed by atoms with E-state index in [-0.39, 0.29) is 5.78 Å². The molecule has 0 bridgehead atoms. The number of carbonyl (C=O) groups excluding carboxylic acids is 1. The third kappa shape index (κ3) is 4.91. The van der Waals surface area contributed by atoms with Crippen LogP contribution in [0.3, 0.4) is 0 Å². The van der Waals surface area contributed by atoms with Crippen molar-refractivity contribution in [3.05, 3.63) is 190 Å². The molecule has 0 amide bonds. The van der Waals surface area contributed by atoms with Crippen LogP contribution in [0.2, 0.25) is 0 Å². The van der Waals surface area contributed by atoms with E-state index in [0.717, 1.165) is 51.1 Å². The fourth-order valence-corrected chi connectivity index (χ4v) is 6.43. The minimum absolute atomic E-state index is 0.0266. The molecule has 0 atom stereocenters. The van der Waals surface area contributed by atoms with Crippen molar-refractivity contribution >= 4 is 22.9 Å². The highest BCUT2D eigenvalue weighted by atomic mass is 32.1. The van der Waals surface area contributed by atoms with Gasteiger partial charge in [0.15, 0.2) is 5.78 Å². The SMILES string of the molecule is O=C1c2cccc(-c3ccc(Cc4ccccc4)cc3)c2C(=S)c2c1cccc2-c1ccc(Cc2ccccc2)cc1. The number of thiocarbonyl (C=S) groups is 1. The van der Waals surface area contributed by atoms with Crippen LogP contribution >= 0.6 is 12.2 Å². The summed E-state index contributed by atoms with van der Waals surface area (Å²) in [6, 6.07) is 50.2. The minimum atomic E-state index is 0.0266. The van der Waals surface area contributed by atoms with Gasteiger partial charge in [-0.05, 0) is 57.3 Å². The number of carbonyl (C=O) groups is 1. The summed E-state index contributed by atoms with van der Waals surface area (Å²) in [5.41, 5.74) is 12.2. The number of fused-ring (bicyclic) bond motifs is 2. The van der Waals surface area contributed by atoms with Crippen LogP contribution in [0, 0.1) is 0 Å². The van der Waals surface area contributed by atoms with Gasteiger partial charge in [-0.3, -0.25) is 4.79 Å². The van der Waals surface area contributed by atoms with Crippen molar-refractivity contribution in [2.24, 2.45) is 0 Å². The fraction of sp³-hybridized carbons (Fsp3) is 0.0500. The summed E-state index contributed by atoms with van der Waals surface area (Å²) >= 11 is 6.22. The van der Waals surface area contributed by atoms with Crippen LogP contribution in [0.25, 0.3) is 22.3 Å². The van der Waals surface area contributed by atoms with Crippen LogP contribution in [-0.2, 0) is 12.8 Å². The first-order valence-corrected chi connectivity index (χ1v) is 14.7. The highest BCUT2D eigenvalue weighted by molar-refractivity contribution is 7.81. The van der Waals surface area contributed by atoms with Crippen LogP contribution in [0.15, 0.2) is 146 Å². The molecule has 42 heavy (non-hydrogen) atoms. The second kappa shape index (κ2) is 11.2. The van der Waals surface area contributed by atoms with Crippen molar-refractivity contribution in [1.82, 2.24) is 0 Å².